The van der Waals surface area contributed by atoms with Crippen molar-refractivity contribution in [3.05, 3.63) is 63.9 Å². The van der Waals surface area contributed by atoms with Gasteiger partial charge in [-0.05, 0) is 45.8 Å². The lowest BCUT2D eigenvalue weighted by Crippen LogP contribution is -2.12. The molecule has 2 heterocycles. The summed E-state index contributed by atoms with van der Waals surface area (Å²) < 4.78 is 24.8. The summed E-state index contributed by atoms with van der Waals surface area (Å²) in [5, 5.41) is 14.5. The van der Waals surface area contributed by atoms with Gasteiger partial charge in [0.15, 0.2) is 0 Å². The maximum absolute atomic E-state index is 10.9. The molecule has 0 aliphatic carbocycles. The molecule has 0 saturated carbocycles. The number of nitrogens with zero attached hydrogens (tertiary/aromatic N) is 3. The highest BCUT2D eigenvalue weighted by Crippen LogP contribution is 2.28. The average Bonchev–Trinajstić information content (AvgIpc) is 3.10. The second-order valence-corrected chi connectivity index (χ2v) is 8.22. The third-order valence-electron chi connectivity index (χ3n) is 4.18. The number of halogens is 2. The molecule has 30 heavy (non-hydrogen) atoms. The predicted octanol–water partition coefficient (Wildman–Crippen LogP) is 3.87. The number of nitrogens with one attached hydrogen (secondary N) is 4. The van der Waals surface area contributed by atoms with E-state index < -0.39 is 10.9 Å². The number of H-pyrrole nitrogens is 1. The highest BCUT2D eigenvalue weighted by atomic mass is 79.9. The SMILES string of the molecule is O=[SH](=O)NCc1ccccc1Nc1nc(Nc2ccc3c(Cl)[nH]nc3c2)ncc1Br. The summed E-state index contributed by atoms with van der Waals surface area (Å²) in [7, 11) is -2.69. The fourth-order valence-corrected chi connectivity index (χ4v) is 3.57. The fraction of sp³-hybridized carbons (Fsp3) is 0.0556. The molecule has 2 aromatic carbocycles. The molecule has 0 aliphatic heterocycles. The Morgan fingerprint density at radius 1 is 1.13 bits per heavy atom. The van der Waals surface area contributed by atoms with Crippen LogP contribution in [0, 0.1) is 0 Å². The summed E-state index contributed by atoms with van der Waals surface area (Å²) in [4.78, 5) is 8.80. The van der Waals surface area contributed by atoms with Gasteiger partial charge in [-0.25, -0.2) is 18.1 Å². The zero-order valence-electron chi connectivity index (χ0n) is 15.2. The molecule has 2 aromatic heterocycles. The minimum atomic E-state index is -2.69. The van der Waals surface area contributed by atoms with Gasteiger partial charge in [0.1, 0.15) is 11.0 Å². The summed E-state index contributed by atoms with van der Waals surface area (Å²) in [5.74, 6) is 0.898. The van der Waals surface area contributed by atoms with E-state index in [0.717, 1.165) is 27.8 Å². The number of thiol groups is 1. The van der Waals surface area contributed by atoms with Gasteiger partial charge in [0.2, 0.25) is 16.8 Å². The monoisotopic (exact) mass is 507 g/mol. The van der Waals surface area contributed by atoms with E-state index in [-0.39, 0.29) is 6.54 Å². The summed E-state index contributed by atoms with van der Waals surface area (Å²) >= 11 is 9.48. The molecular weight excluding hydrogens is 494 g/mol. The van der Waals surface area contributed by atoms with E-state index in [0.29, 0.717) is 21.4 Å². The highest BCUT2D eigenvalue weighted by Gasteiger charge is 2.10. The van der Waals surface area contributed by atoms with Crippen molar-refractivity contribution in [1.29, 1.82) is 0 Å². The van der Waals surface area contributed by atoms with Crippen LogP contribution in [-0.4, -0.2) is 28.6 Å². The van der Waals surface area contributed by atoms with E-state index in [4.69, 9.17) is 11.6 Å². The Morgan fingerprint density at radius 3 is 2.80 bits per heavy atom. The third-order valence-corrected chi connectivity index (χ3v) is 5.46. The van der Waals surface area contributed by atoms with Crippen LogP contribution in [0.2, 0.25) is 5.15 Å². The molecule has 0 spiro atoms. The molecule has 9 nitrogen and oxygen atoms in total. The molecule has 4 aromatic rings. The normalized spacial score (nSPS) is 11.2. The number of hydrogen-bond acceptors (Lipinski definition) is 7. The Bertz CT molecular complexity index is 1290. The van der Waals surface area contributed by atoms with Crippen molar-refractivity contribution in [2.24, 2.45) is 0 Å². The lowest BCUT2D eigenvalue weighted by atomic mass is 10.2. The Balaban J connectivity index is 1.57. The van der Waals surface area contributed by atoms with Crippen molar-refractivity contribution in [1.82, 2.24) is 24.9 Å². The molecule has 0 bridgehead atoms. The van der Waals surface area contributed by atoms with Crippen molar-refractivity contribution in [3.8, 4) is 0 Å². The Kier molecular flexibility index (Phi) is 6.13. The van der Waals surface area contributed by atoms with Crippen LogP contribution in [0.4, 0.5) is 23.1 Å². The van der Waals surface area contributed by atoms with Crippen molar-refractivity contribution >= 4 is 72.5 Å². The van der Waals surface area contributed by atoms with Gasteiger partial charge in [0.05, 0.1) is 9.99 Å². The van der Waals surface area contributed by atoms with Gasteiger partial charge in [-0.1, -0.05) is 29.8 Å². The number of anilines is 4. The third kappa shape index (κ3) is 4.70. The molecule has 0 aliphatic rings. The lowest BCUT2D eigenvalue weighted by Gasteiger charge is -2.13. The quantitative estimate of drug-likeness (QED) is 0.240. The molecule has 0 unspecified atom stereocenters. The van der Waals surface area contributed by atoms with Gasteiger partial charge in [0, 0.05) is 29.5 Å². The maximum Gasteiger partial charge on any atom is 0.229 e. The topological polar surface area (TPSA) is 125 Å². The molecular formula is C18H15BrClN7O2S. The van der Waals surface area contributed by atoms with Crippen LogP contribution in [0.5, 0.6) is 0 Å². The average molecular weight is 509 g/mol. The standard InChI is InChI=1S/C18H15BrClN7O2S/c19-13-9-21-18(23-11-5-6-12-15(7-11)26-27-16(12)20)25-17(13)24-14-4-2-1-3-10(14)8-22-30(28)29/h1-7,9,30H,8H2,(H,26,27)(H,22,28,29)(H2,21,23,24,25). The zero-order valence-corrected chi connectivity index (χ0v) is 18.4. The van der Waals surface area contributed by atoms with E-state index in [9.17, 15) is 8.42 Å². The first kappa shape index (κ1) is 20.5. The Hall–Kier alpha value is -2.73. The van der Waals surface area contributed by atoms with Crippen molar-refractivity contribution in [3.63, 3.8) is 0 Å². The van der Waals surface area contributed by atoms with Crippen molar-refractivity contribution in [2.45, 2.75) is 6.54 Å². The summed E-state index contributed by atoms with van der Waals surface area (Å²) in [6.45, 7) is 0.169. The predicted molar refractivity (Wildman–Crippen MR) is 121 cm³/mol. The number of aromatic amines is 1. The maximum atomic E-state index is 10.9. The number of rotatable bonds is 7. The van der Waals surface area contributed by atoms with Gasteiger partial charge in [-0.3, -0.25) is 5.10 Å². The van der Waals surface area contributed by atoms with Crippen LogP contribution >= 0.6 is 27.5 Å². The Morgan fingerprint density at radius 2 is 1.97 bits per heavy atom. The van der Waals surface area contributed by atoms with E-state index in [1.807, 2.05) is 42.5 Å². The number of fused-ring (bicyclic) bond motifs is 1. The fourth-order valence-electron chi connectivity index (χ4n) is 2.77. The van der Waals surface area contributed by atoms with Gasteiger partial charge in [0.25, 0.3) is 0 Å². The van der Waals surface area contributed by atoms with Gasteiger partial charge in [-0.15, -0.1) is 0 Å². The van der Waals surface area contributed by atoms with E-state index >= 15 is 0 Å². The van der Waals surface area contributed by atoms with Crippen molar-refractivity contribution < 1.29 is 8.42 Å². The second-order valence-electron chi connectivity index (χ2n) is 6.16. The van der Waals surface area contributed by atoms with E-state index in [2.05, 4.69) is 51.5 Å². The minimum Gasteiger partial charge on any atom is -0.339 e. The van der Waals surface area contributed by atoms with Gasteiger partial charge in [-0.2, -0.15) is 10.1 Å². The molecule has 0 fully saturated rings. The Labute approximate surface area is 186 Å². The molecule has 0 amide bonds. The van der Waals surface area contributed by atoms with Crippen LogP contribution < -0.4 is 15.4 Å². The van der Waals surface area contributed by atoms with Gasteiger partial charge < -0.3 is 10.6 Å². The second kappa shape index (κ2) is 8.96. The highest BCUT2D eigenvalue weighted by molar-refractivity contribution is 9.10. The molecule has 0 saturated heterocycles. The molecule has 0 atom stereocenters. The molecule has 4 rings (SSSR count). The minimum absolute atomic E-state index is 0.169. The first-order valence-electron chi connectivity index (χ1n) is 8.65. The molecule has 0 radical (unpaired) electrons. The van der Waals surface area contributed by atoms with E-state index in [1.54, 1.807) is 6.20 Å². The molecule has 4 N–H and O–H groups in total. The molecule has 154 valence electrons. The number of para-hydroxylation sites is 1. The zero-order chi connectivity index (χ0) is 21.1. The van der Waals surface area contributed by atoms with Gasteiger partial charge >= 0.3 is 0 Å². The van der Waals surface area contributed by atoms with Crippen molar-refractivity contribution in [2.75, 3.05) is 10.6 Å². The van der Waals surface area contributed by atoms with Crippen LogP contribution in [0.25, 0.3) is 10.9 Å². The summed E-state index contributed by atoms with van der Waals surface area (Å²) in [6, 6.07) is 12.9. The van der Waals surface area contributed by atoms with Crippen LogP contribution in [-0.2, 0) is 17.4 Å². The van der Waals surface area contributed by atoms with Crippen LogP contribution in [0.15, 0.2) is 53.1 Å². The first-order chi connectivity index (χ1) is 14.5. The van der Waals surface area contributed by atoms with Crippen LogP contribution in [0.3, 0.4) is 0 Å². The summed E-state index contributed by atoms with van der Waals surface area (Å²) in [6.07, 6.45) is 1.62. The van der Waals surface area contributed by atoms with Crippen LogP contribution in [0.1, 0.15) is 5.56 Å². The number of aromatic nitrogens is 4. The summed E-state index contributed by atoms with van der Waals surface area (Å²) in [5.41, 5.74) is 2.97. The smallest absolute Gasteiger partial charge is 0.229 e. The first-order valence-corrected chi connectivity index (χ1v) is 11.0. The van der Waals surface area contributed by atoms with E-state index in [1.165, 1.54) is 0 Å². The number of hydrogen-bond donors (Lipinski definition) is 5. The molecule has 12 heteroatoms. The number of benzene rings is 2. The largest absolute Gasteiger partial charge is 0.339 e. The lowest BCUT2D eigenvalue weighted by molar-refractivity contribution is 0.601.